The van der Waals surface area contributed by atoms with Crippen molar-refractivity contribution in [3.05, 3.63) is 64.1 Å². The maximum absolute atomic E-state index is 4.40. The number of hydrogen-bond donors (Lipinski definition) is 1. The van der Waals surface area contributed by atoms with E-state index in [1.807, 2.05) is 6.20 Å². The van der Waals surface area contributed by atoms with Crippen molar-refractivity contribution in [1.82, 2.24) is 10.3 Å². The minimum Gasteiger partial charge on any atom is -0.306 e. The second kappa shape index (κ2) is 5.73. The Bertz CT molecular complexity index is 712. The molecule has 102 valence electrons. The second-order valence-electron chi connectivity index (χ2n) is 4.84. The van der Waals surface area contributed by atoms with Gasteiger partial charge < -0.3 is 5.32 Å². The van der Waals surface area contributed by atoms with Crippen LogP contribution in [0.5, 0.6) is 0 Å². The Labute approximate surface area is 123 Å². The van der Waals surface area contributed by atoms with Gasteiger partial charge in [0.1, 0.15) is 0 Å². The summed E-state index contributed by atoms with van der Waals surface area (Å²) in [6.07, 6.45) is 2.00. The lowest BCUT2D eigenvalue weighted by atomic mass is 9.98. The van der Waals surface area contributed by atoms with Gasteiger partial charge >= 0.3 is 0 Å². The molecule has 20 heavy (non-hydrogen) atoms. The molecule has 1 unspecified atom stereocenters. The minimum absolute atomic E-state index is 0.220. The minimum atomic E-state index is 0.220. The summed E-state index contributed by atoms with van der Waals surface area (Å²) < 4.78 is 0. The Morgan fingerprint density at radius 2 is 1.95 bits per heavy atom. The van der Waals surface area contributed by atoms with Crippen LogP contribution in [0.4, 0.5) is 0 Å². The van der Waals surface area contributed by atoms with Crippen LogP contribution in [0.1, 0.15) is 28.4 Å². The Morgan fingerprint density at radius 1 is 1.15 bits per heavy atom. The van der Waals surface area contributed by atoms with Crippen molar-refractivity contribution in [2.24, 2.45) is 0 Å². The molecule has 0 aliphatic heterocycles. The standard InChI is InChI=1S/C17H18N2S/c1-3-18-17(16-11-19-12(2)20-16)15-10-6-8-13-7-4-5-9-14(13)15/h4-11,17-18H,3H2,1-2H3. The number of fused-ring (bicyclic) bond motifs is 1. The molecule has 0 spiro atoms. The first-order chi connectivity index (χ1) is 9.79. The van der Waals surface area contributed by atoms with Crippen LogP contribution in [-0.4, -0.2) is 11.5 Å². The number of nitrogens with zero attached hydrogens (tertiary/aromatic N) is 1. The SMILES string of the molecule is CCNC(c1cnc(C)s1)c1cccc2ccccc12. The first-order valence-corrected chi connectivity index (χ1v) is 7.74. The molecule has 1 aromatic heterocycles. The summed E-state index contributed by atoms with van der Waals surface area (Å²) in [5.74, 6) is 0. The molecule has 1 atom stereocenters. The normalized spacial score (nSPS) is 12.7. The summed E-state index contributed by atoms with van der Waals surface area (Å²) in [7, 11) is 0. The highest BCUT2D eigenvalue weighted by Gasteiger charge is 2.17. The fourth-order valence-corrected chi connectivity index (χ4v) is 3.46. The van der Waals surface area contributed by atoms with E-state index in [1.54, 1.807) is 11.3 Å². The number of rotatable bonds is 4. The van der Waals surface area contributed by atoms with Crippen molar-refractivity contribution in [3.8, 4) is 0 Å². The van der Waals surface area contributed by atoms with Gasteiger partial charge in [-0.15, -0.1) is 11.3 Å². The van der Waals surface area contributed by atoms with Gasteiger partial charge in [0.05, 0.1) is 11.0 Å². The van der Waals surface area contributed by atoms with E-state index in [4.69, 9.17) is 0 Å². The molecule has 3 rings (SSSR count). The van der Waals surface area contributed by atoms with Crippen LogP contribution in [0.3, 0.4) is 0 Å². The summed E-state index contributed by atoms with van der Waals surface area (Å²) >= 11 is 1.77. The van der Waals surface area contributed by atoms with Gasteiger partial charge in [0, 0.05) is 11.1 Å². The number of benzene rings is 2. The van der Waals surface area contributed by atoms with E-state index in [9.17, 15) is 0 Å². The van der Waals surface area contributed by atoms with Gasteiger partial charge in [0.15, 0.2) is 0 Å². The molecule has 0 radical (unpaired) electrons. The summed E-state index contributed by atoms with van der Waals surface area (Å²) in [5.41, 5.74) is 1.33. The van der Waals surface area contributed by atoms with Crippen LogP contribution in [0.25, 0.3) is 10.8 Å². The van der Waals surface area contributed by atoms with Crippen molar-refractivity contribution < 1.29 is 0 Å². The van der Waals surface area contributed by atoms with Crippen LogP contribution in [0.2, 0.25) is 0 Å². The fourth-order valence-electron chi connectivity index (χ4n) is 2.58. The van der Waals surface area contributed by atoms with Crippen molar-refractivity contribution in [2.75, 3.05) is 6.54 Å². The maximum atomic E-state index is 4.40. The third-order valence-electron chi connectivity index (χ3n) is 3.47. The quantitative estimate of drug-likeness (QED) is 0.771. The summed E-state index contributed by atoms with van der Waals surface area (Å²) in [5, 5.41) is 7.30. The van der Waals surface area contributed by atoms with Crippen molar-refractivity contribution in [3.63, 3.8) is 0 Å². The van der Waals surface area contributed by atoms with Gasteiger partial charge in [0.2, 0.25) is 0 Å². The molecule has 0 saturated heterocycles. The number of aryl methyl sites for hydroxylation is 1. The number of aromatic nitrogens is 1. The van der Waals surface area contributed by atoms with Crippen molar-refractivity contribution >= 4 is 22.1 Å². The van der Waals surface area contributed by atoms with E-state index in [2.05, 4.69) is 66.6 Å². The Balaban J connectivity index is 2.14. The van der Waals surface area contributed by atoms with Gasteiger partial charge in [-0.3, -0.25) is 0 Å². The van der Waals surface area contributed by atoms with Gasteiger partial charge in [-0.25, -0.2) is 4.98 Å². The van der Waals surface area contributed by atoms with Crippen LogP contribution in [-0.2, 0) is 0 Å². The summed E-state index contributed by atoms with van der Waals surface area (Å²) in [6, 6.07) is 15.3. The fraction of sp³-hybridized carbons (Fsp3) is 0.235. The molecule has 0 aliphatic carbocycles. The molecule has 2 aromatic carbocycles. The van der Waals surface area contributed by atoms with Crippen LogP contribution in [0, 0.1) is 6.92 Å². The zero-order valence-electron chi connectivity index (χ0n) is 11.8. The van der Waals surface area contributed by atoms with Crippen LogP contribution in [0.15, 0.2) is 48.7 Å². The largest absolute Gasteiger partial charge is 0.306 e. The average Bonchev–Trinajstić information content (AvgIpc) is 2.91. The first-order valence-electron chi connectivity index (χ1n) is 6.93. The second-order valence-corrected chi connectivity index (χ2v) is 6.11. The predicted molar refractivity (Wildman–Crippen MR) is 86.3 cm³/mol. The number of hydrogen-bond acceptors (Lipinski definition) is 3. The molecular weight excluding hydrogens is 264 g/mol. The molecule has 1 heterocycles. The van der Waals surface area contributed by atoms with Gasteiger partial charge in [-0.1, -0.05) is 49.4 Å². The van der Waals surface area contributed by atoms with Crippen molar-refractivity contribution in [1.29, 1.82) is 0 Å². The summed E-state index contributed by atoms with van der Waals surface area (Å²) in [6.45, 7) is 5.14. The topological polar surface area (TPSA) is 24.9 Å². The zero-order chi connectivity index (χ0) is 13.9. The lowest BCUT2D eigenvalue weighted by Gasteiger charge is -2.18. The zero-order valence-corrected chi connectivity index (χ0v) is 12.6. The van der Waals surface area contributed by atoms with E-state index >= 15 is 0 Å². The highest BCUT2D eigenvalue weighted by Crippen LogP contribution is 2.31. The average molecular weight is 282 g/mol. The lowest BCUT2D eigenvalue weighted by molar-refractivity contribution is 0.642. The molecule has 0 aliphatic rings. The van der Waals surface area contributed by atoms with Gasteiger partial charge in [0.25, 0.3) is 0 Å². The predicted octanol–water partition coefficient (Wildman–Crippen LogP) is 4.30. The highest BCUT2D eigenvalue weighted by molar-refractivity contribution is 7.11. The molecule has 1 N–H and O–H groups in total. The smallest absolute Gasteiger partial charge is 0.0897 e. The molecular formula is C17H18N2S. The van der Waals surface area contributed by atoms with Crippen molar-refractivity contribution in [2.45, 2.75) is 19.9 Å². The number of thiazole rings is 1. The van der Waals surface area contributed by atoms with Gasteiger partial charge in [-0.05, 0) is 29.8 Å². The molecule has 3 aromatic rings. The van der Waals surface area contributed by atoms with E-state index in [0.29, 0.717) is 0 Å². The van der Waals surface area contributed by atoms with E-state index in [1.165, 1.54) is 21.2 Å². The summed E-state index contributed by atoms with van der Waals surface area (Å²) in [4.78, 5) is 5.68. The van der Waals surface area contributed by atoms with Gasteiger partial charge in [-0.2, -0.15) is 0 Å². The Hall–Kier alpha value is -1.71. The molecule has 3 heteroatoms. The molecule has 0 bridgehead atoms. The monoisotopic (exact) mass is 282 g/mol. The van der Waals surface area contributed by atoms with Crippen LogP contribution < -0.4 is 5.32 Å². The van der Waals surface area contributed by atoms with Crippen LogP contribution >= 0.6 is 11.3 Å². The molecule has 0 amide bonds. The third-order valence-corrected chi connectivity index (χ3v) is 4.44. The molecule has 0 fully saturated rings. The van der Waals surface area contributed by atoms with E-state index in [-0.39, 0.29) is 6.04 Å². The lowest BCUT2D eigenvalue weighted by Crippen LogP contribution is -2.21. The first kappa shape index (κ1) is 13.3. The maximum Gasteiger partial charge on any atom is 0.0897 e. The van der Waals surface area contributed by atoms with E-state index < -0.39 is 0 Å². The Kier molecular flexibility index (Phi) is 3.81. The third kappa shape index (κ3) is 2.47. The number of nitrogens with one attached hydrogen (secondary N) is 1. The Morgan fingerprint density at radius 3 is 2.70 bits per heavy atom. The van der Waals surface area contributed by atoms with E-state index in [0.717, 1.165) is 11.6 Å². The molecule has 0 saturated carbocycles. The molecule has 2 nitrogen and oxygen atoms in total. The highest BCUT2D eigenvalue weighted by atomic mass is 32.1.